The molecular formula is C21H26N2O5. The molecule has 3 rings (SSSR count). The number of aliphatic carboxylic acids is 1. The monoisotopic (exact) mass is 386 g/mol. The molecule has 0 unspecified atom stereocenters. The number of nitrogens with zero attached hydrogens (tertiary/aromatic N) is 2. The lowest BCUT2D eigenvalue weighted by Gasteiger charge is -2.31. The Morgan fingerprint density at radius 3 is 2.32 bits per heavy atom. The van der Waals surface area contributed by atoms with E-state index in [1.165, 1.54) is 4.90 Å². The Hall–Kier alpha value is -2.83. The summed E-state index contributed by atoms with van der Waals surface area (Å²) < 4.78 is 5.88. The van der Waals surface area contributed by atoms with Crippen molar-refractivity contribution in [2.75, 3.05) is 26.7 Å². The summed E-state index contributed by atoms with van der Waals surface area (Å²) >= 11 is 0. The van der Waals surface area contributed by atoms with Crippen molar-refractivity contribution in [2.45, 2.75) is 33.6 Å². The van der Waals surface area contributed by atoms with E-state index in [1.54, 1.807) is 11.9 Å². The number of carboxylic acid groups (broad SMARTS) is 1. The highest BCUT2D eigenvalue weighted by Gasteiger charge is 2.29. The van der Waals surface area contributed by atoms with E-state index in [4.69, 9.17) is 9.52 Å². The maximum atomic E-state index is 12.9. The van der Waals surface area contributed by atoms with Gasteiger partial charge in [-0.1, -0.05) is 12.1 Å². The first-order valence-electron chi connectivity index (χ1n) is 9.46. The molecule has 0 saturated carbocycles. The molecule has 2 heterocycles. The van der Waals surface area contributed by atoms with Crippen molar-refractivity contribution in [1.29, 1.82) is 0 Å². The Labute approximate surface area is 163 Å². The van der Waals surface area contributed by atoms with Gasteiger partial charge < -0.3 is 19.3 Å². The fourth-order valence-electron chi connectivity index (χ4n) is 3.80. The third kappa shape index (κ3) is 3.61. The number of hydrogen-bond acceptors (Lipinski definition) is 4. The molecule has 7 nitrogen and oxygen atoms in total. The number of likely N-dealkylation sites (tertiary alicyclic amines) is 1. The molecule has 1 aliphatic rings. The largest absolute Gasteiger partial charge is 0.481 e. The number of hydrogen-bond donors (Lipinski definition) is 1. The number of carboxylic acids is 1. The summed E-state index contributed by atoms with van der Waals surface area (Å²) in [7, 11) is 1.58. The molecule has 0 bridgehead atoms. The molecular weight excluding hydrogens is 360 g/mol. The fourth-order valence-corrected chi connectivity index (χ4v) is 3.80. The Balaban J connectivity index is 1.72. The zero-order chi connectivity index (χ0) is 20.6. The molecule has 1 fully saturated rings. The highest BCUT2D eigenvalue weighted by Crippen LogP contribution is 2.31. The molecule has 28 heavy (non-hydrogen) atoms. The quantitative estimate of drug-likeness (QED) is 0.872. The number of furan rings is 1. The standard InChI is InChI=1S/C21H26N2O5/c1-12-5-6-13(2)18-17(12)14(3)19(28-18)20(25)22(4)11-16(24)23-9-7-15(8-10-23)21(26)27/h5-6,15H,7-11H2,1-4H3,(H,26,27). The molecule has 1 N–H and O–H groups in total. The highest BCUT2D eigenvalue weighted by molar-refractivity contribution is 6.01. The van der Waals surface area contributed by atoms with Crippen molar-refractivity contribution in [3.8, 4) is 0 Å². The Bertz CT molecular complexity index is 938. The molecule has 1 aromatic carbocycles. The zero-order valence-corrected chi connectivity index (χ0v) is 16.7. The van der Waals surface area contributed by atoms with Crippen LogP contribution >= 0.6 is 0 Å². The predicted octanol–water partition coefficient (Wildman–Crippen LogP) is 2.75. The van der Waals surface area contributed by atoms with Crippen LogP contribution in [-0.4, -0.2) is 59.4 Å². The average Bonchev–Trinajstić information content (AvgIpc) is 3.02. The maximum absolute atomic E-state index is 12.9. The predicted molar refractivity (Wildman–Crippen MR) is 104 cm³/mol. The molecule has 7 heteroatoms. The van der Waals surface area contributed by atoms with E-state index in [1.807, 2.05) is 32.9 Å². The van der Waals surface area contributed by atoms with Gasteiger partial charge in [-0.15, -0.1) is 0 Å². The van der Waals surface area contributed by atoms with Gasteiger partial charge in [-0.2, -0.15) is 0 Å². The average molecular weight is 386 g/mol. The van der Waals surface area contributed by atoms with Crippen molar-refractivity contribution in [2.24, 2.45) is 5.92 Å². The van der Waals surface area contributed by atoms with Crippen LogP contribution in [0.5, 0.6) is 0 Å². The van der Waals surface area contributed by atoms with Crippen molar-refractivity contribution < 1.29 is 23.9 Å². The first kappa shape index (κ1) is 19.9. The van der Waals surface area contributed by atoms with Crippen molar-refractivity contribution in [1.82, 2.24) is 9.80 Å². The van der Waals surface area contributed by atoms with Crippen molar-refractivity contribution in [3.63, 3.8) is 0 Å². The van der Waals surface area contributed by atoms with E-state index in [2.05, 4.69) is 0 Å². The summed E-state index contributed by atoms with van der Waals surface area (Å²) in [6.45, 7) is 6.52. The third-order valence-electron chi connectivity index (χ3n) is 5.59. The number of rotatable bonds is 4. The zero-order valence-electron chi connectivity index (χ0n) is 16.7. The van der Waals surface area contributed by atoms with Crippen molar-refractivity contribution in [3.05, 3.63) is 34.6 Å². The topological polar surface area (TPSA) is 91.1 Å². The molecule has 1 saturated heterocycles. The van der Waals surface area contributed by atoms with E-state index >= 15 is 0 Å². The minimum absolute atomic E-state index is 0.0645. The first-order chi connectivity index (χ1) is 13.2. The number of carbonyl (C=O) groups is 3. The molecule has 2 amide bonds. The molecule has 150 valence electrons. The summed E-state index contributed by atoms with van der Waals surface area (Å²) in [5.41, 5.74) is 3.49. The number of likely N-dealkylation sites (N-methyl/N-ethyl adjacent to an activating group) is 1. The summed E-state index contributed by atoms with van der Waals surface area (Å²) in [4.78, 5) is 39.5. The Morgan fingerprint density at radius 2 is 1.75 bits per heavy atom. The van der Waals surface area contributed by atoms with Gasteiger partial charge in [0.15, 0.2) is 5.76 Å². The van der Waals surface area contributed by atoms with Crippen LogP contribution in [0.25, 0.3) is 11.0 Å². The van der Waals surface area contributed by atoms with Gasteiger partial charge in [-0.25, -0.2) is 0 Å². The van der Waals surface area contributed by atoms with Gasteiger partial charge >= 0.3 is 5.97 Å². The minimum atomic E-state index is -0.814. The van der Waals surface area contributed by atoms with Gasteiger partial charge in [0.05, 0.1) is 12.5 Å². The second-order valence-electron chi connectivity index (χ2n) is 7.61. The lowest BCUT2D eigenvalue weighted by molar-refractivity contribution is -0.145. The summed E-state index contributed by atoms with van der Waals surface area (Å²) in [6.07, 6.45) is 0.889. The smallest absolute Gasteiger partial charge is 0.306 e. The molecule has 2 aromatic rings. The Kier molecular flexibility index (Phi) is 5.45. The van der Waals surface area contributed by atoms with Gasteiger partial charge in [-0.05, 0) is 44.7 Å². The number of piperidine rings is 1. The normalized spacial score (nSPS) is 15.1. The summed E-state index contributed by atoms with van der Waals surface area (Å²) in [6, 6.07) is 3.96. The second kappa shape index (κ2) is 7.66. The van der Waals surface area contributed by atoms with Crippen LogP contribution in [0, 0.1) is 26.7 Å². The maximum Gasteiger partial charge on any atom is 0.306 e. The van der Waals surface area contributed by atoms with Crippen LogP contribution in [0.3, 0.4) is 0 Å². The lowest BCUT2D eigenvalue weighted by atomic mass is 9.97. The van der Waals surface area contributed by atoms with Crippen LogP contribution in [0.4, 0.5) is 0 Å². The number of amides is 2. The van der Waals surface area contributed by atoms with Gasteiger partial charge in [0.25, 0.3) is 5.91 Å². The van der Waals surface area contributed by atoms with Crippen LogP contribution in [0.2, 0.25) is 0 Å². The van der Waals surface area contributed by atoms with Crippen LogP contribution < -0.4 is 0 Å². The van der Waals surface area contributed by atoms with Crippen LogP contribution in [0.1, 0.15) is 40.1 Å². The van der Waals surface area contributed by atoms with Crippen LogP contribution in [0.15, 0.2) is 16.5 Å². The van der Waals surface area contributed by atoms with E-state index < -0.39 is 11.9 Å². The van der Waals surface area contributed by atoms with E-state index in [0.29, 0.717) is 31.5 Å². The number of fused-ring (bicyclic) bond motifs is 1. The van der Waals surface area contributed by atoms with E-state index in [-0.39, 0.29) is 24.1 Å². The fraction of sp³-hybridized carbons (Fsp3) is 0.476. The first-order valence-corrected chi connectivity index (χ1v) is 9.46. The van der Waals surface area contributed by atoms with Crippen molar-refractivity contribution >= 4 is 28.8 Å². The molecule has 1 aromatic heterocycles. The van der Waals surface area contributed by atoms with E-state index in [9.17, 15) is 14.4 Å². The molecule has 0 radical (unpaired) electrons. The van der Waals surface area contributed by atoms with Crippen LogP contribution in [-0.2, 0) is 9.59 Å². The Morgan fingerprint density at radius 1 is 1.14 bits per heavy atom. The minimum Gasteiger partial charge on any atom is -0.481 e. The molecule has 0 aliphatic carbocycles. The number of carbonyl (C=O) groups excluding carboxylic acids is 2. The van der Waals surface area contributed by atoms with Gasteiger partial charge in [0.2, 0.25) is 5.91 Å². The second-order valence-corrected chi connectivity index (χ2v) is 7.61. The lowest BCUT2D eigenvalue weighted by Crippen LogP contribution is -2.45. The molecule has 1 aliphatic heterocycles. The third-order valence-corrected chi connectivity index (χ3v) is 5.59. The van der Waals surface area contributed by atoms with Gasteiger partial charge in [0, 0.05) is 31.1 Å². The van der Waals surface area contributed by atoms with Gasteiger partial charge in [-0.3, -0.25) is 14.4 Å². The van der Waals surface area contributed by atoms with E-state index in [0.717, 1.165) is 22.1 Å². The number of aryl methyl sites for hydroxylation is 3. The molecule has 0 spiro atoms. The molecule has 0 atom stereocenters. The number of benzene rings is 1. The SMILES string of the molecule is Cc1ccc(C)c2c(C)c(C(=O)N(C)CC(=O)N3CCC(C(=O)O)CC3)oc12. The highest BCUT2D eigenvalue weighted by atomic mass is 16.4. The van der Waals surface area contributed by atoms with Gasteiger partial charge in [0.1, 0.15) is 5.58 Å². The summed E-state index contributed by atoms with van der Waals surface area (Å²) in [5, 5.41) is 10.0. The summed E-state index contributed by atoms with van der Waals surface area (Å²) in [5.74, 6) is -1.46.